The zero-order valence-corrected chi connectivity index (χ0v) is 7.91. The van der Waals surface area contributed by atoms with Gasteiger partial charge in [-0.15, -0.1) is 0 Å². The fourth-order valence-electron chi connectivity index (χ4n) is 1.21. The third kappa shape index (κ3) is 2.47. The van der Waals surface area contributed by atoms with E-state index in [0.29, 0.717) is 0 Å². The van der Waals surface area contributed by atoms with Crippen LogP contribution in [0.25, 0.3) is 0 Å². The number of hydrogen-bond donors (Lipinski definition) is 1. The van der Waals surface area contributed by atoms with Gasteiger partial charge in [-0.05, 0) is 13.0 Å². The highest BCUT2D eigenvalue weighted by Gasteiger charge is 2.21. The SMILES string of the molecule is CC(O)Cc1c(F)ccc([N+](=O)[O-])c1F. The van der Waals surface area contributed by atoms with E-state index in [2.05, 4.69) is 0 Å². The van der Waals surface area contributed by atoms with Crippen molar-refractivity contribution in [2.24, 2.45) is 0 Å². The molecule has 0 saturated heterocycles. The lowest BCUT2D eigenvalue weighted by Gasteiger charge is -2.06. The summed E-state index contributed by atoms with van der Waals surface area (Å²) in [5, 5.41) is 19.3. The number of aliphatic hydroxyl groups is 1. The molecule has 1 atom stereocenters. The van der Waals surface area contributed by atoms with E-state index in [1.807, 2.05) is 0 Å². The Morgan fingerprint density at radius 2 is 2.13 bits per heavy atom. The Bertz CT molecular complexity index is 393. The molecule has 1 aromatic carbocycles. The van der Waals surface area contributed by atoms with E-state index < -0.39 is 33.9 Å². The van der Waals surface area contributed by atoms with Crippen LogP contribution in [0.1, 0.15) is 12.5 Å². The first-order chi connectivity index (χ1) is 6.93. The summed E-state index contributed by atoms with van der Waals surface area (Å²) in [6.45, 7) is 1.34. The molecule has 0 fully saturated rings. The summed E-state index contributed by atoms with van der Waals surface area (Å²) in [5.41, 5.74) is -1.24. The van der Waals surface area contributed by atoms with Crippen LogP contribution < -0.4 is 0 Å². The lowest BCUT2D eigenvalue weighted by Crippen LogP contribution is -2.09. The van der Waals surface area contributed by atoms with Gasteiger partial charge in [-0.3, -0.25) is 10.1 Å². The van der Waals surface area contributed by atoms with Gasteiger partial charge in [0.15, 0.2) is 0 Å². The van der Waals surface area contributed by atoms with Crippen LogP contribution in [0.15, 0.2) is 12.1 Å². The van der Waals surface area contributed by atoms with Gasteiger partial charge in [0.05, 0.1) is 11.0 Å². The highest BCUT2D eigenvalue weighted by Crippen LogP contribution is 2.23. The van der Waals surface area contributed by atoms with E-state index in [9.17, 15) is 18.9 Å². The highest BCUT2D eigenvalue weighted by molar-refractivity contribution is 5.38. The molecule has 82 valence electrons. The fourth-order valence-corrected chi connectivity index (χ4v) is 1.21. The van der Waals surface area contributed by atoms with Crippen molar-refractivity contribution < 1.29 is 18.8 Å². The summed E-state index contributed by atoms with van der Waals surface area (Å²) in [4.78, 5) is 9.42. The molecule has 15 heavy (non-hydrogen) atoms. The number of aliphatic hydroxyl groups excluding tert-OH is 1. The minimum atomic E-state index is -1.22. The first-order valence-corrected chi connectivity index (χ1v) is 4.22. The van der Waals surface area contributed by atoms with E-state index in [-0.39, 0.29) is 6.42 Å². The predicted molar refractivity (Wildman–Crippen MR) is 48.4 cm³/mol. The number of nitro benzene ring substituents is 1. The van der Waals surface area contributed by atoms with Crippen molar-refractivity contribution in [1.82, 2.24) is 0 Å². The van der Waals surface area contributed by atoms with E-state index >= 15 is 0 Å². The number of benzene rings is 1. The summed E-state index contributed by atoms with van der Waals surface area (Å²) in [7, 11) is 0. The first kappa shape index (κ1) is 11.5. The molecule has 1 unspecified atom stereocenters. The second kappa shape index (κ2) is 4.31. The molecule has 0 radical (unpaired) electrons. The van der Waals surface area contributed by atoms with Crippen molar-refractivity contribution in [3.63, 3.8) is 0 Å². The van der Waals surface area contributed by atoms with E-state index in [1.54, 1.807) is 0 Å². The van der Waals surface area contributed by atoms with Gasteiger partial charge in [-0.2, -0.15) is 4.39 Å². The Kier molecular flexibility index (Phi) is 3.31. The van der Waals surface area contributed by atoms with Gasteiger partial charge >= 0.3 is 5.69 Å². The van der Waals surface area contributed by atoms with Crippen molar-refractivity contribution in [1.29, 1.82) is 0 Å². The summed E-state index contributed by atoms with van der Waals surface area (Å²) >= 11 is 0. The molecule has 0 bridgehead atoms. The summed E-state index contributed by atoms with van der Waals surface area (Å²) < 4.78 is 26.4. The molecular formula is C9H9F2NO3. The van der Waals surface area contributed by atoms with E-state index in [4.69, 9.17) is 5.11 Å². The number of halogens is 2. The van der Waals surface area contributed by atoms with Gasteiger partial charge in [0, 0.05) is 18.1 Å². The smallest absolute Gasteiger partial charge is 0.305 e. The number of hydrogen-bond acceptors (Lipinski definition) is 3. The van der Waals surface area contributed by atoms with Gasteiger partial charge < -0.3 is 5.11 Å². The Balaban J connectivity index is 3.24. The van der Waals surface area contributed by atoms with Crippen molar-refractivity contribution in [3.05, 3.63) is 39.4 Å². The van der Waals surface area contributed by atoms with Gasteiger partial charge in [0.1, 0.15) is 5.82 Å². The van der Waals surface area contributed by atoms with E-state index in [0.717, 1.165) is 12.1 Å². The molecule has 0 saturated carbocycles. The Morgan fingerprint density at radius 3 is 2.60 bits per heavy atom. The minimum absolute atomic E-state index is 0.292. The lowest BCUT2D eigenvalue weighted by molar-refractivity contribution is -0.387. The van der Waals surface area contributed by atoms with Crippen LogP contribution in [0.5, 0.6) is 0 Å². The number of nitro groups is 1. The van der Waals surface area contributed by atoms with Crippen molar-refractivity contribution in [3.8, 4) is 0 Å². The molecule has 0 aliphatic rings. The zero-order valence-electron chi connectivity index (χ0n) is 7.91. The molecule has 4 nitrogen and oxygen atoms in total. The third-order valence-corrected chi connectivity index (χ3v) is 1.86. The second-order valence-corrected chi connectivity index (χ2v) is 3.17. The lowest BCUT2D eigenvalue weighted by atomic mass is 10.1. The van der Waals surface area contributed by atoms with Crippen molar-refractivity contribution in [2.75, 3.05) is 0 Å². The monoisotopic (exact) mass is 217 g/mol. The quantitative estimate of drug-likeness (QED) is 0.620. The topological polar surface area (TPSA) is 63.4 Å². The van der Waals surface area contributed by atoms with Crippen LogP contribution in [0.4, 0.5) is 14.5 Å². The molecule has 0 aromatic heterocycles. The highest BCUT2D eigenvalue weighted by atomic mass is 19.1. The van der Waals surface area contributed by atoms with Crippen LogP contribution in [0, 0.1) is 21.7 Å². The van der Waals surface area contributed by atoms with Crippen LogP contribution in [0.2, 0.25) is 0 Å². The number of nitrogens with zero attached hydrogens (tertiary/aromatic N) is 1. The largest absolute Gasteiger partial charge is 0.393 e. The van der Waals surface area contributed by atoms with Crippen molar-refractivity contribution >= 4 is 5.69 Å². The van der Waals surface area contributed by atoms with Gasteiger partial charge in [0.25, 0.3) is 0 Å². The molecule has 0 aliphatic carbocycles. The van der Waals surface area contributed by atoms with Gasteiger partial charge in [-0.25, -0.2) is 4.39 Å². The molecule has 6 heteroatoms. The molecule has 1 aromatic rings. The Labute approximate surface area is 84.3 Å². The Hall–Kier alpha value is -1.56. The molecule has 1 rings (SSSR count). The first-order valence-electron chi connectivity index (χ1n) is 4.22. The zero-order chi connectivity index (χ0) is 11.6. The van der Waals surface area contributed by atoms with Crippen molar-refractivity contribution in [2.45, 2.75) is 19.4 Å². The summed E-state index contributed by atoms with van der Waals surface area (Å²) in [6.07, 6.45) is -1.25. The van der Waals surface area contributed by atoms with Crippen LogP contribution in [-0.4, -0.2) is 16.1 Å². The normalized spacial score (nSPS) is 12.5. The molecule has 0 aliphatic heterocycles. The average molecular weight is 217 g/mol. The Morgan fingerprint density at radius 1 is 1.53 bits per heavy atom. The molecule has 0 amide bonds. The minimum Gasteiger partial charge on any atom is -0.393 e. The van der Waals surface area contributed by atoms with Gasteiger partial charge in [-0.1, -0.05) is 0 Å². The summed E-state index contributed by atoms with van der Waals surface area (Å²) in [5.74, 6) is -2.11. The molecular weight excluding hydrogens is 208 g/mol. The maximum Gasteiger partial charge on any atom is 0.305 e. The van der Waals surface area contributed by atoms with Crippen LogP contribution in [0.3, 0.4) is 0 Å². The van der Waals surface area contributed by atoms with Crippen LogP contribution in [-0.2, 0) is 6.42 Å². The standard InChI is InChI=1S/C9H9F2NO3/c1-5(13)4-6-7(10)2-3-8(9(6)11)12(14)15/h2-3,5,13H,4H2,1H3. The average Bonchev–Trinajstić information content (AvgIpc) is 2.11. The summed E-state index contributed by atoms with van der Waals surface area (Å²) in [6, 6.07) is 1.58. The molecule has 0 heterocycles. The fraction of sp³-hybridized carbons (Fsp3) is 0.333. The molecule has 1 N–H and O–H groups in total. The van der Waals surface area contributed by atoms with Crippen LogP contribution >= 0.6 is 0 Å². The second-order valence-electron chi connectivity index (χ2n) is 3.17. The molecule has 0 spiro atoms. The van der Waals surface area contributed by atoms with Gasteiger partial charge in [0.2, 0.25) is 5.82 Å². The number of rotatable bonds is 3. The maximum absolute atomic E-state index is 13.4. The third-order valence-electron chi connectivity index (χ3n) is 1.86. The predicted octanol–water partition coefficient (Wildman–Crippen LogP) is 1.80. The maximum atomic E-state index is 13.4. The van der Waals surface area contributed by atoms with E-state index in [1.165, 1.54) is 6.92 Å².